The summed E-state index contributed by atoms with van der Waals surface area (Å²) in [5.74, 6) is 3.11. The second-order valence-corrected chi connectivity index (χ2v) is 9.61. The molecule has 5 rings (SSSR count). The van der Waals surface area contributed by atoms with E-state index >= 15 is 0 Å². The molecule has 0 saturated carbocycles. The molecular weight excluding hydrogens is 392 g/mol. The largest absolute Gasteiger partial charge is 0.438 e. The van der Waals surface area contributed by atoms with Gasteiger partial charge in [0, 0.05) is 4.88 Å². The Hall–Kier alpha value is -2.49. The molecule has 30 heavy (non-hydrogen) atoms. The minimum atomic E-state index is 0.411. The number of aryl methyl sites for hydroxylation is 2. The molecule has 0 bridgehead atoms. The summed E-state index contributed by atoms with van der Waals surface area (Å²) in [5.41, 5.74) is 2.37. The molecule has 1 saturated heterocycles. The number of nitrogens with zero attached hydrogens (tertiary/aromatic N) is 4. The van der Waals surface area contributed by atoms with E-state index in [1.165, 1.54) is 29.7 Å². The minimum Gasteiger partial charge on any atom is -0.438 e. The molecular formula is C24H26N4OS. The van der Waals surface area contributed by atoms with Gasteiger partial charge in [0.15, 0.2) is 0 Å². The lowest BCUT2D eigenvalue weighted by atomic mass is 9.99. The lowest BCUT2D eigenvalue weighted by Crippen LogP contribution is -2.32. The monoisotopic (exact) mass is 418 g/mol. The zero-order valence-corrected chi connectivity index (χ0v) is 18.2. The third-order valence-corrected chi connectivity index (χ3v) is 7.43. The second kappa shape index (κ2) is 8.33. The molecule has 3 heterocycles. The van der Waals surface area contributed by atoms with Crippen molar-refractivity contribution in [3.63, 3.8) is 0 Å². The zero-order valence-electron chi connectivity index (χ0n) is 17.4. The maximum absolute atomic E-state index is 8.89. The smallest absolute Gasteiger partial charge is 0.231 e. The lowest BCUT2D eigenvalue weighted by molar-refractivity contribution is 0.181. The Kier molecular flexibility index (Phi) is 5.41. The van der Waals surface area contributed by atoms with Gasteiger partial charge in [-0.1, -0.05) is 19.1 Å². The fourth-order valence-corrected chi connectivity index (χ4v) is 5.72. The molecule has 5 nitrogen and oxygen atoms in total. The summed E-state index contributed by atoms with van der Waals surface area (Å²) in [6.07, 6.45) is 6.32. The summed E-state index contributed by atoms with van der Waals surface area (Å²) in [6, 6.07) is 9.94. The summed E-state index contributed by atoms with van der Waals surface area (Å²) in [4.78, 5) is 14.8. The number of piperidine rings is 1. The van der Waals surface area contributed by atoms with Crippen LogP contribution in [0.25, 0.3) is 10.2 Å². The SMILES string of the molecule is CC1CCN(Cc2nc(Oc3ccc(CC#N)cc3)c3c4c(sc3n2)CCC4)CC1. The van der Waals surface area contributed by atoms with Crippen LogP contribution in [0.5, 0.6) is 11.6 Å². The highest BCUT2D eigenvalue weighted by molar-refractivity contribution is 7.19. The number of hydrogen-bond acceptors (Lipinski definition) is 6. The topological polar surface area (TPSA) is 62.0 Å². The summed E-state index contributed by atoms with van der Waals surface area (Å²) >= 11 is 1.81. The molecule has 3 aromatic rings. The number of thiophene rings is 1. The van der Waals surface area contributed by atoms with E-state index in [9.17, 15) is 0 Å². The van der Waals surface area contributed by atoms with Crippen LogP contribution in [-0.2, 0) is 25.8 Å². The van der Waals surface area contributed by atoms with Gasteiger partial charge in [-0.05, 0) is 74.4 Å². The Morgan fingerprint density at radius 2 is 1.97 bits per heavy atom. The first-order valence-electron chi connectivity index (χ1n) is 10.9. The molecule has 1 aliphatic heterocycles. The van der Waals surface area contributed by atoms with Crippen LogP contribution in [0.15, 0.2) is 24.3 Å². The fraction of sp³-hybridized carbons (Fsp3) is 0.458. The molecule has 2 aliphatic rings. The first-order chi connectivity index (χ1) is 14.7. The van der Waals surface area contributed by atoms with Gasteiger partial charge >= 0.3 is 0 Å². The van der Waals surface area contributed by atoms with Gasteiger partial charge in [-0.2, -0.15) is 10.2 Å². The molecule has 6 heteroatoms. The number of aromatic nitrogens is 2. The van der Waals surface area contributed by atoms with Gasteiger partial charge in [0.25, 0.3) is 0 Å². The van der Waals surface area contributed by atoms with Crippen molar-refractivity contribution in [2.24, 2.45) is 5.92 Å². The normalized spacial score (nSPS) is 17.2. The third-order valence-electron chi connectivity index (χ3n) is 6.24. The first kappa shape index (κ1) is 19.5. The van der Waals surface area contributed by atoms with Crippen LogP contribution < -0.4 is 4.74 Å². The van der Waals surface area contributed by atoms with Crippen molar-refractivity contribution in [3.05, 3.63) is 46.1 Å². The quantitative estimate of drug-likeness (QED) is 0.565. The molecule has 0 unspecified atom stereocenters. The highest BCUT2D eigenvalue weighted by atomic mass is 32.1. The first-order valence-corrected chi connectivity index (χ1v) is 11.7. The predicted octanol–water partition coefficient (Wildman–Crippen LogP) is 5.27. The zero-order chi connectivity index (χ0) is 20.5. The van der Waals surface area contributed by atoms with E-state index in [4.69, 9.17) is 20.0 Å². The van der Waals surface area contributed by atoms with Gasteiger partial charge in [-0.15, -0.1) is 11.3 Å². The van der Waals surface area contributed by atoms with Gasteiger partial charge in [0.1, 0.15) is 16.4 Å². The number of likely N-dealkylation sites (tertiary alicyclic amines) is 1. The molecule has 154 valence electrons. The van der Waals surface area contributed by atoms with Crippen LogP contribution in [0.1, 0.15) is 48.0 Å². The molecule has 1 aliphatic carbocycles. The molecule has 0 N–H and O–H groups in total. The van der Waals surface area contributed by atoms with Crippen LogP contribution >= 0.6 is 11.3 Å². The Balaban J connectivity index is 1.47. The van der Waals surface area contributed by atoms with Gasteiger partial charge < -0.3 is 4.74 Å². The standard InChI is InChI=1S/C24H26N4OS/c1-16-10-13-28(14-11-16)15-21-26-23(29-18-7-5-17(6-8-18)9-12-25)22-19-3-2-4-20(19)30-24(22)27-21/h5-8,16H,2-4,9-11,13-15H2,1H3. The Bertz CT molecular complexity index is 1090. The highest BCUT2D eigenvalue weighted by Gasteiger charge is 2.24. The number of fused-ring (bicyclic) bond motifs is 3. The number of hydrogen-bond donors (Lipinski definition) is 0. The van der Waals surface area contributed by atoms with E-state index < -0.39 is 0 Å². The Labute approximate surface area is 181 Å². The van der Waals surface area contributed by atoms with Crippen molar-refractivity contribution in [2.45, 2.75) is 52.0 Å². The molecule has 2 aromatic heterocycles. The number of benzene rings is 1. The minimum absolute atomic E-state index is 0.411. The van der Waals surface area contributed by atoms with Gasteiger partial charge in [0.05, 0.1) is 24.4 Å². The molecule has 0 spiro atoms. The molecule has 0 radical (unpaired) electrons. The maximum atomic E-state index is 8.89. The molecule has 1 fully saturated rings. The third kappa shape index (κ3) is 3.92. The van der Waals surface area contributed by atoms with Crippen molar-refractivity contribution >= 4 is 21.6 Å². The van der Waals surface area contributed by atoms with Crippen LogP contribution in [0, 0.1) is 17.2 Å². The second-order valence-electron chi connectivity index (χ2n) is 8.52. The maximum Gasteiger partial charge on any atom is 0.231 e. The van der Waals surface area contributed by atoms with E-state index in [-0.39, 0.29) is 0 Å². The predicted molar refractivity (Wildman–Crippen MR) is 119 cm³/mol. The van der Waals surface area contributed by atoms with Gasteiger partial charge in [-0.3, -0.25) is 4.90 Å². The molecule has 0 amide bonds. The van der Waals surface area contributed by atoms with Gasteiger partial charge in [-0.25, -0.2) is 4.98 Å². The summed E-state index contributed by atoms with van der Waals surface area (Å²) < 4.78 is 6.31. The Morgan fingerprint density at radius 1 is 1.17 bits per heavy atom. The van der Waals surface area contributed by atoms with Crippen LogP contribution in [-0.4, -0.2) is 28.0 Å². The van der Waals surface area contributed by atoms with E-state index in [1.54, 1.807) is 0 Å². The van der Waals surface area contributed by atoms with Crippen LogP contribution in [0.2, 0.25) is 0 Å². The lowest BCUT2D eigenvalue weighted by Gasteiger charge is -2.29. The van der Waals surface area contributed by atoms with Gasteiger partial charge in [0.2, 0.25) is 5.88 Å². The van der Waals surface area contributed by atoms with E-state index in [1.807, 2.05) is 35.6 Å². The number of nitriles is 1. The van der Waals surface area contributed by atoms with E-state index in [0.29, 0.717) is 12.3 Å². The summed E-state index contributed by atoms with van der Waals surface area (Å²) in [7, 11) is 0. The van der Waals surface area contributed by atoms with Crippen molar-refractivity contribution in [2.75, 3.05) is 13.1 Å². The summed E-state index contributed by atoms with van der Waals surface area (Å²) in [6.45, 7) is 5.34. The molecule has 1 aromatic carbocycles. The average molecular weight is 419 g/mol. The number of ether oxygens (including phenoxy) is 1. The number of rotatable bonds is 5. The van der Waals surface area contributed by atoms with Crippen molar-refractivity contribution in [1.82, 2.24) is 14.9 Å². The highest BCUT2D eigenvalue weighted by Crippen LogP contribution is 2.41. The van der Waals surface area contributed by atoms with E-state index in [2.05, 4.69) is 17.9 Å². The fourth-order valence-electron chi connectivity index (χ4n) is 4.45. The van der Waals surface area contributed by atoms with Crippen molar-refractivity contribution in [1.29, 1.82) is 5.26 Å². The van der Waals surface area contributed by atoms with Crippen molar-refractivity contribution < 1.29 is 4.74 Å². The molecule has 0 atom stereocenters. The average Bonchev–Trinajstić information content (AvgIpc) is 3.32. The summed E-state index contributed by atoms with van der Waals surface area (Å²) in [5, 5.41) is 9.99. The van der Waals surface area contributed by atoms with E-state index in [0.717, 1.165) is 65.7 Å². The van der Waals surface area contributed by atoms with Crippen LogP contribution in [0.4, 0.5) is 0 Å². The Morgan fingerprint density at radius 3 is 2.73 bits per heavy atom. The van der Waals surface area contributed by atoms with Crippen molar-refractivity contribution in [3.8, 4) is 17.7 Å². The van der Waals surface area contributed by atoms with Crippen LogP contribution in [0.3, 0.4) is 0 Å².